The minimum absolute atomic E-state index is 0.144. The molecule has 2 atom stereocenters. The van der Waals surface area contributed by atoms with Crippen LogP contribution in [0.2, 0.25) is 0 Å². The highest BCUT2D eigenvalue weighted by atomic mass is 16.5. The first kappa shape index (κ1) is 15.0. The zero-order valence-corrected chi connectivity index (χ0v) is 11.6. The number of hydrogen-bond acceptors (Lipinski definition) is 4. The Balaban J connectivity index is 1.75. The molecule has 1 aliphatic heterocycles. The highest BCUT2D eigenvalue weighted by Gasteiger charge is 2.33. The van der Waals surface area contributed by atoms with Gasteiger partial charge in [0.15, 0.2) is 0 Å². The molecule has 2 rings (SSSR count). The standard InChI is InChI=1S/C14H22N2O4/c17-13(11-3-1-2-4-12(11)14(18)19)15-5-6-16-7-9-20-10-8-16/h1-2,11-12H,3-10H2,(H,15,17)(H,18,19). The van der Waals surface area contributed by atoms with Crippen molar-refractivity contribution in [2.45, 2.75) is 12.8 Å². The predicted molar refractivity (Wildman–Crippen MR) is 73.3 cm³/mol. The van der Waals surface area contributed by atoms with Crippen LogP contribution >= 0.6 is 0 Å². The molecule has 2 N–H and O–H groups in total. The Morgan fingerprint density at radius 1 is 1.20 bits per heavy atom. The van der Waals surface area contributed by atoms with Gasteiger partial charge in [0, 0.05) is 26.2 Å². The number of allylic oxidation sites excluding steroid dienone is 2. The lowest BCUT2D eigenvalue weighted by atomic mass is 9.82. The summed E-state index contributed by atoms with van der Waals surface area (Å²) in [5.41, 5.74) is 0. The molecule has 1 saturated heterocycles. The Labute approximate surface area is 118 Å². The van der Waals surface area contributed by atoms with E-state index in [0.29, 0.717) is 19.4 Å². The van der Waals surface area contributed by atoms with Crippen molar-refractivity contribution in [3.63, 3.8) is 0 Å². The van der Waals surface area contributed by atoms with E-state index >= 15 is 0 Å². The van der Waals surface area contributed by atoms with Gasteiger partial charge in [-0.25, -0.2) is 0 Å². The minimum Gasteiger partial charge on any atom is -0.481 e. The van der Waals surface area contributed by atoms with Crippen LogP contribution in [0.3, 0.4) is 0 Å². The van der Waals surface area contributed by atoms with Crippen molar-refractivity contribution in [1.29, 1.82) is 0 Å². The summed E-state index contributed by atoms with van der Waals surface area (Å²) >= 11 is 0. The third-order valence-electron chi connectivity index (χ3n) is 3.92. The number of nitrogens with one attached hydrogen (secondary N) is 1. The second-order valence-corrected chi connectivity index (χ2v) is 5.24. The minimum atomic E-state index is -0.886. The Morgan fingerprint density at radius 2 is 1.85 bits per heavy atom. The SMILES string of the molecule is O=C(O)C1CC=CCC1C(=O)NCCN1CCOCC1. The normalized spacial score (nSPS) is 27.2. The molecule has 6 heteroatoms. The first-order chi connectivity index (χ1) is 9.68. The first-order valence-corrected chi connectivity index (χ1v) is 7.14. The summed E-state index contributed by atoms with van der Waals surface area (Å²) < 4.78 is 5.26. The predicted octanol–water partition coefficient (Wildman–Crippen LogP) is 0.102. The molecule has 0 aromatic heterocycles. The van der Waals surface area contributed by atoms with E-state index in [9.17, 15) is 9.59 Å². The van der Waals surface area contributed by atoms with Gasteiger partial charge in [0.05, 0.1) is 25.0 Å². The van der Waals surface area contributed by atoms with E-state index in [-0.39, 0.29) is 5.91 Å². The molecule has 0 saturated carbocycles. The summed E-state index contributed by atoms with van der Waals surface area (Å²) in [5, 5.41) is 12.0. The van der Waals surface area contributed by atoms with Crippen LogP contribution in [0, 0.1) is 11.8 Å². The van der Waals surface area contributed by atoms with Crippen molar-refractivity contribution in [2.24, 2.45) is 11.8 Å². The van der Waals surface area contributed by atoms with Crippen molar-refractivity contribution in [1.82, 2.24) is 10.2 Å². The van der Waals surface area contributed by atoms with Gasteiger partial charge in [0.25, 0.3) is 0 Å². The maximum atomic E-state index is 12.1. The van der Waals surface area contributed by atoms with Gasteiger partial charge >= 0.3 is 5.97 Å². The number of carbonyl (C=O) groups excluding carboxylic acids is 1. The monoisotopic (exact) mass is 282 g/mol. The summed E-state index contributed by atoms with van der Waals surface area (Å²) in [4.78, 5) is 25.5. The highest BCUT2D eigenvalue weighted by molar-refractivity contribution is 5.85. The number of nitrogens with zero attached hydrogens (tertiary/aromatic N) is 1. The molecule has 2 aliphatic rings. The van der Waals surface area contributed by atoms with Crippen LogP contribution in [0.5, 0.6) is 0 Å². The molecule has 0 spiro atoms. The molecular weight excluding hydrogens is 260 g/mol. The highest BCUT2D eigenvalue weighted by Crippen LogP contribution is 2.25. The van der Waals surface area contributed by atoms with Crippen LogP contribution < -0.4 is 5.32 Å². The number of carboxylic acid groups (broad SMARTS) is 1. The molecule has 2 unspecified atom stereocenters. The average Bonchev–Trinajstić information content (AvgIpc) is 2.48. The van der Waals surface area contributed by atoms with E-state index in [4.69, 9.17) is 9.84 Å². The van der Waals surface area contributed by atoms with Gasteiger partial charge in [0.1, 0.15) is 0 Å². The van der Waals surface area contributed by atoms with Crippen molar-refractivity contribution in [3.05, 3.63) is 12.2 Å². The molecule has 6 nitrogen and oxygen atoms in total. The van der Waals surface area contributed by atoms with Gasteiger partial charge < -0.3 is 15.2 Å². The van der Waals surface area contributed by atoms with Crippen molar-refractivity contribution in [2.75, 3.05) is 39.4 Å². The van der Waals surface area contributed by atoms with Crippen LogP contribution in [0.15, 0.2) is 12.2 Å². The van der Waals surface area contributed by atoms with E-state index in [1.807, 2.05) is 12.2 Å². The number of amides is 1. The largest absolute Gasteiger partial charge is 0.481 e. The lowest BCUT2D eigenvalue weighted by Crippen LogP contribution is -2.44. The van der Waals surface area contributed by atoms with E-state index in [1.165, 1.54) is 0 Å². The number of carboxylic acids is 1. The molecule has 0 aromatic rings. The molecule has 0 bridgehead atoms. The van der Waals surface area contributed by atoms with Crippen LogP contribution in [0.1, 0.15) is 12.8 Å². The number of morpholine rings is 1. The third-order valence-corrected chi connectivity index (χ3v) is 3.92. The number of hydrogen-bond donors (Lipinski definition) is 2. The summed E-state index contributed by atoms with van der Waals surface area (Å²) in [7, 11) is 0. The molecular formula is C14H22N2O4. The molecule has 20 heavy (non-hydrogen) atoms. The fourth-order valence-electron chi connectivity index (χ4n) is 2.67. The van der Waals surface area contributed by atoms with Crippen molar-refractivity contribution < 1.29 is 19.4 Å². The van der Waals surface area contributed by atoms with Crippen molar-refractivity contribution in [3.8, 4) is 0 Å². The summed E-state index contributed by atoms with van der Waals surface area (Å²) in [6, 6.07) is 0. The second-order valence-electron chi connectivity index (χ2n) is 5.24. The van der Waals surface area contributed by atoms with Gasteiger partial charge in [-0.1, -0.05) is 12.2 Å². The zero-order valence-electron chi connectivity index (χ0n) is 11.6. The lowest BCUT2D eigenvalue weighted by molar-refractivity contribution is -0.147. The molecule has 1 fully saturated rings. The third kappa shape index (κ3) is 4.05. The fraction of sp³-hybridized carbons (Fsp3) is 0.714. The summed E-state index contributed by atoms with van der Waals surface area (Å²) in [6.45, 7) is 4.60. The summed E-state index contributed by atoms with van der Waals surface area (Å²) in [6.07, 6.45) is 4.69. The number of aliphatic carboxylic acids is 1. The maximum Gasteiger partial charge on any atom is 0.307 e. The lowest BCUT2D eigenvalue weighted by Gasteiger charge is -2.28. The molecule has 1 aliphatic carbocycles. The molecule has 0 radical (unpaired) electrons. The fourth-order valence-corrected chi connectivity index (χ4v) is 2.67. The molecule has 0 aromatic carbocycles. The maximum absolute atomic E-state index is 12.1. The molecule has 1 heterocycles. The molecule has 1 amide bonds. The average molecular weight is 282 g/mol. The van der Waals surface area contributed by atoms with E-state index in [1.54, 1.807) is 0 Å². The van der Waals surface area contributed by atoms with Gasteiger partial charge in [-0.05, 0) is 12.8 Å². The quantitative estimate of drug-likeness (QED) is 0.699. The van der Waals surface area contributed by atoms with Crippen LogP contribution in [0.25, 0.3) is 0 Å². The summed E-state index contributed by atoms with van der Waals surface area (Å²) in [5.74, 6) is -2.07. The van der Waals surface area contributed by atoms with E-state index < -0.39 is 17.8 Å². The van der Waals surface area contributed by atoms with Gasteiger partial charge in [-0.2, -0.15) is 0 Å². The van der Waals surface area contributed by atoms with Crippen LogP contribution in [0.4, 0.5) is 0 Å². The Kier molecular flexibility index (Phi) is 5.55. The first-order valence-electron chi connectivity index (χ1n) is 7.14. The van der Waals surface area contributed by atoms with Gasteiger partial charge in [-0.3, -0.25) is 14.5 Å². The van der Waals surface area contributed by atoms with E-state index in [2.05, 4.69) is 10.2 Å². The van der Waals surface area contributed by atoms with Crippen LogP contribution in [-0.4, -0.2) is 61.3 Å². The number of carbonyl (C=O) groups is 2. The van der Waals surface area contributed by atoms with E-state index in [0.717, 1.165) is 32.8 Å². The number of rotatable bonds is 5. The Bertz CT molecular complexity index is 377. The van der Waals surface area contributed by atoms with Crippen LogP contribution in [-0.2, 0) is 14.3 Å². The van der Waals surface area contributed by atoms with Crippen molar-refractivity contribution >= 4 is 11.9 Å². The van der Waals surface area contributed by atoms with Gasteiger partial charge in [0.2, 0.25) is 5.91 Å². The Hall–Kier alpha value is -1.40. The zero-order chi connectivity index (χ0) is 14.4. The topological polar surface area (TPSA) is 78.9 Å². The number of ether oxygens (including phenoxy) is 1. The molecule has 112 valence electrons. The smallest absolute Gasteiger partial charge is 0.307 e. The Morgan fingerprint density at radius 3 is 2.50 bits per heavy atom. The second kappa shape index (κ2) is 7.40. The van der Waals surface area contributed by atoms with Gasteiger partial charge in [-0.15, -0.1) is 0 Å².